The zero-order chi connectivity index (χ0) is 25.9. The molecule has 2 aromatic rings. The number of cyclic esters (lactones) is 1. The number of anilines is 2. The number of benzene rings is 2. The van der Waals surface area contributed by atoms with E-state index >= 15 is 8.78 Å². The van der Waals surface area contributed by atoms with Crippen LogP contribution in [0, 0.1) is 11.6 Å². The highest BCUT2D eigenvalue weighted by molar-refractivity contribution is 7.59. The normalized spacial score (nSPS) is 19.4. The van der Waals surface area contributed by atoms with Gasteiger partial charge in [-0.1, -0.05) is 5.16 Å². The van der Waals surface area contributed by atoms with Crippen LogP contribution < -0.4 is 19.6 Å². The molecule has 0 aromatic heterocycles. The number of rotatable bonds is 7. The van der Waals surface area contributed by atoms with Gasteiger partial charge in [-0.15, -0.1) is 0 Å². The molecule has 2 heterocycles. The third kappa shape index (κ3) is 5.76. The Balaban J connectivity index is 1.41. The van der Waals surface area contributed by atoms with E-state index < -0.39 is 31.2 Å². The van der Waals surface area contributed by atoms with Crippen molar-refractivity contribution in [3.8, 4) is 5.75 Å². The lowest BCUT2D eigenvalue weighted by molar-refractivity contribution is -0.119. The lowest BCUT2D eigenvalue weighted by Gasteiger charge is -2.34. The number of amides is 2. The molecular weight excluding hydrogens is 497 g/mol. The largest absolute Gasteiger partial charge is 0.443 e. The van der Waals surface area contributed by atoms with Gasteiger partial charge >= 0.3 is 6.09 Å². The predicted molar refractivity (Wildman–Crippen MR) is 129 cm³/mol. The molecule has 0 aliphatic carbocycles. The van der Waals surface area contributed by atoms with Crippen molar-refractivity contribution in [2.75, 3.05) is 48.3 Å². The SMILES string of the molecule is CC(=O)NC[C@H]1CN(c2cc(F)c(N3CCP(=O)(Oc4ccc(/C=N/O)cc4)CC3)c(F)c2)C(=O)O1. The molecule has 0 saturated carbocycles. The molecule has 0 spiro atoms. The Bertz CT molecular complexity index is 1190. The van der Waals surface area contributed by atoms with E-state index in [9.17, 15) is 14.2 Å². The van der Waals surface area contributed by atoms with Crippen molar-refractivity contribution in [3.05, 3.63) is 53.6 Å². The van der Waals surface area contributed by atoms with Crippen molar-refractivity contribution in [1.29, 1.82) is 0 Å². The van der Waals surface area contributed by atoms with Crippen LogP contribution in [0.4, 0.5) is 25.0 Å². The molecule has 1 atom stereocenters. The van der Waals surface area contributed by atoms with E-state index in [4.69, 9.17) is 14.5 Å². The standard InChI is InChI=1S/C23H25F2N4O6P/c1-15(30)26-13-19-14-29(23(31)34-19)17-10-20(24)22(21(25)11-17)28-6-8-36(33,9-7-28)35-18-4-2-16(3-5-18)12-27-32/h2-5,10-12,19,32H,6-9,13-14H2,1H3,(H,26,30)/b27-12+/t19-/m0/s1. The van der Waals surface area contributed by atoms with Crippen LogP contribution in [0.1, 0.15) is 12.5 Å². The molecule has 2 N–H and O–H groups in total. The van der Waals surface area contributed by atoms with E-state index in [0.29, 0.717) is 11.3 Å². The molecule has 192 valence electrons. The van der Waals surface area contributed by atoms with Gasteiger partial charge in [0.25, 0.3) is 7.37 Å². The highest BCUT2D eigenvalue weighted by Gasteiger charge is 2.36. The van der Waals surface area contributed by atoms with Crippen LogP contribution in [0.2, 0.25) is 0 Å². The van der Waals surface area contributed by atoms with Crippen LogP contribution in [0.25, 0.3) is 0 Å². The molecule has 2 fully saturated rings. The fourth-order valence-corrected chi connectivity index (χ4v) is 6.07. The quantitative estimate of drug-likeness (QED) is 0.247. The number of hydrogen-bond donors (Lipinski definition) is 2. The Morgan fingerprint density at radius 1 is 1.25 bits per heavy atom. The molecule has 13 heteroatoms. The van der Waals surface area contributed by atoms with Crippen LogP contribution in [0.5, 0.6) is 5.75 Å². The molecule has 2 aliphatic heterocycles. The fourth-order valence-electron chi connectivity index (χ4n) is 4.06. The molecule has 2 saturated heterocycles. The zero-order valence-corrected chi connectivity index (χ0v) is 20.3. The van der Waals surface area contributed by atoms with Gasteiger partial charge in [0.1, 0.15) is 17.5 Å². The molecule has 0 bridgehead atoms. The Hall–Kier alpha value is -3.66. The van der Waals surface area contributed by atoms with Gasteiger partial charge in [0.15, 0.2) is 11.6 Å². The first-order valence-corrected chi connectivity index (χ1v) is 13.2. The molecule has 4 rings (SSSR count). The number of carbonyl (C=O) groups is 2. The molecule has 0 unspecified atom stereocenters. The van der Waals surface area contributed by atoms with E-state index in [1.807, 2.05) is 0 Å². The highest BCUT2D eigenvalue weighted by Crippen LogP contribution is 2.49. The third-order valence-electron chi connectivity index (χ3n) is 5.86. The van der Waals surface area contributed by atoms with Gasteiger partial charge in [-0.05, 0) is 29.8 Å². The monoisotopic (exact) mass is 522 g/mol. The van der Waals surface area contributed by atoms with Gasteiger partial charge in [-0.2, -0.15) is 0 Å². The van der Waals surface area contributed by atoms with Crippen molar-refractivity contribution >= 4 is 37.0 Å². The summed E-state index contributed by atoms with van der Waals surface area (Å²) in [4.78, 5) is 25.8. The maximum absolute atomic E-state index is 15.0. The number of nitrogens with one attached hydrogen (secondary N) is 1. The van der Waals surface area contributed by atoms with Crippen molar-refractivity contribution in [3.63, 3.8) is 0 Å². The summed E-state index contributed by atoms with van der Waals surface area (Å²) in [6.07, 6.45) is 0.0374. The summed E-state index contributed by atoms with van der Waals surface area (Å²) in [5.74, 6) is -1.62. The van der Waals surface area contributed by atoms with Crippen LogP contribution in [0.15, 0.2) is 41.6 Å². The summed E-state index contributed by atoms with van der Waals surface area (Å²) in [7, 11) is -3.08. The molecule has 2 amide bonds. The van der Waals surface area contributed by atoms with E-state index in [0.717, 1.165) is 17.0 Å². The van der Waals surface area contributed by atoms with E-state index in [1.54, 1.807) is 24.3 Å². The van der Waals surface area contributed by atoms with Gasteiger partial charge in [-0.25, -0.2) is 13.6 Å². The minimum Gasteiger partial charge on any atom is -0.443 e. The minimum atomic E-state index is -3.08. The first-order valence-electron chi connectivity index (χ1n) is 11.2. The molecule has 0 radical (unpaired) electrons. The summed E-state index contributed by atoms with van der Waals surface area (Å²) >= 11 is 0. The predicted octanol–water partition coefficient (Wildman–Crippen LogP) is 3.41. The summed E-state index contributed by atoms with van der Waals surface area (Å²) in [6.45, 7) is 1.69. The van der Waals surface area contributed by atoms with Gasteiger partial charge in [0, 0.05) is 32.1 Å². The first-order chi connectivity index (χ1) is 17.2. The van der Waals surface area contributed by atoms with Gasteiger partial charge < -0.3 is 24.7 Å². The number of nitrogens with zero attached hydrogens (tertiary/aromatic N) is 3. The zero-order valence-electron chi connectivity index (χ0n) is 19.4. The molecule has 36 heavy (non-hydrogen) atoms. The fraction of sp³-hybridized carbons (Fsp3) is 0.348. The number of halogens is 2. The van der Waals surface area contributed by atoms with Gasteiger partial charge in [0.2, 0.25) is 5.91 Å². The molecular formula is C23H25F2N4O6P. The van der Waals surface area contributed by atoms with E-state index in [2.05, 4.69) is 10.5 Å². The van der Waals surface area contributed by atoms with E-state index in [1.165, 1.54) is 18.0 Å². The topological polar surface area (TPSA) is 121 Å². The summed E-state index contributed by atoms with van der Waals surface area (Å²) in [5, 5.41) is 14.1. The smallest absolute Gasteiger partial charge is 0.414 e. The number of ether oxygens (including phenoxy) is 1. The molecule has 2 aliphatic rings. The second-order valence-electron chi connectivity index (χ2n) is 8.47. The number of carbonyl (C=O) groups excluding carboxylic acids is 2. The summed E-state index contributed by atoms with van der Waals surface area (Å²) in [5.41, 5.74) is 0.377. The minimum absolute atomic E-state index is 0.00443. The maximum atomic E-state index is 15.0. The van der Waals surface area contributed by atoms with E-state index in [-0.39, 0.29) is 55.8 Å². The first kappa shape index (κ1) is 25.4. The molecule has 10 nitrogen and oxygen atoms in total. The second-order valence-corrected chi connectivity index (χ2v) is 11.2. The second kappa shape index (κ2) is 10.5. The average Bonchev–Trinajstić information content (AvgIpc) is 3.20. The Kier molecular flexibility index (Phi) is 7.44. The average molecular weight is 522 g/mol. The maximum Gasteiger partial charge on any atom is 0.414 e. The highest BCUT2D eigenvalue weighted by atomic mass is 31.2. The number of oxime groups is 1. The molecule has 2 aromatic carbocycles. The lowest BCUT2D eigenvalue weighted by Crippen LogP contribution is -2.37. The Morgan fingerprint density at radius 3 is 2.47 bits per heavy atom. The van der Waals surface area contributed by atoms with Crippen LogP contribution in [-0.2, 0) is 14.1 Å². The third-order valence-corrected chi connectivity index (χ3v) is 8.17. The lowest BCUT2D eigenvalue weighted by atomic mass is 10.2. The Morgan fingerprint density at radius 2 is 1.89 bits per heavy atom. The van der Waals surface area contributed by atoms with Crippen molar-refractivity contribution in [1.82, 2.24) is 5.32 Å². The van der Waals surface area contributed by atoms with Crippen LogP contribution in [0.3, 0.4) is 0 Å². The Labute approximate surface area is 205 Å². The van der Waals surface area contributed by atoms with Crippen molar-refractivity contribution < 1.29 is 37.4 Å². The van der Waals surface area contributed by atoms with Crippen molar-refractivity contribution in [2.45, 2.75) is 13.0 Å². The summed E-state index contributed by atoms with van der Waals surface area (Å²) in [6, 6.07) is 8.60. The van der Waals surface area contributed by atoms with Crippen LogP contribution in [-0.4, -0.2) is 68.0 Å². The number of hydrogen-bond acceptors (Lipinski definition) is 8. The van der Waals surface area contributed by atoms with Crippen molar-refractivity contribution in [2.24, 2.45) is 5.16 Å². The van der Waals surface area contributed by atoms with Gasteiger partial charge in [0.05, 0.1) is 37.3 Å². The van der Waals surface area contributed by atoms with Gasteiger partial charge in [-0.3, -0.25) is 14.3 Å². The summed E-state index contributed by atoms with van der Waals surface area (Å²) < 4.78 is 54.1. The van der Waals surface area contributed by atoms with Crippen LogP contribution >= 0.6 is 7.37 Å².